The number of hydrogen-bond donors (Lipinski definition) is 3. The summed E-state index contributed by atoms with van der Waals surface area (Å²) in [6.07, 6.45) is -0.665. The van der Waals surface area contributed by atoms with Gasteiger partial charge in [0.1, 0.15) is 29.0 Å². The van der Waals surface area contributed by atoms with Crippen LogP contribution in [0, 0.1) is 11.3 Å². The second-order valence-electron chi connectivity index (χ2n) is 4.64. The summed E-state index contributed by atoms with van der Waals surface area (Å²) in [5.41, 5.74) is -0.382. The Labute approximate surface area is 145 Å². The van der Waals surface area contributed by atoms with Crippen LogP contribution in [-0.2, 0) is 25.5 Å². The fourth-order valence-electron chi connectivity index (χ4n) is 2.00. The number of nitrogens with zero attached hydrogens (tertiary/aromatic N) is 2. The molecule has 0 spiro atoms. The Kier molecular flexibility index (Phi) is 6.89. The van der Waals surface area contributed by atoms with Crippen molar-refractivity contribution in [2.45, 2.75) is 13.3 Å². The smallest absolute Gasteiger partial charge is 0.348 e. The molecule has 0 aliphatic heterocycles. The predicted molar refractivity (Wildman–Crippen MR) is 83.8 cm³/mol. The Balaban J connectivity index is 3.53. The van der Waals surface area contributed by atoms with E-state index in [9.17, 15) is 24.4 Å². The summed E-state index contributed by atoms with van der Waals surface area (Å²) < 4.78 is 4.82. The van der Waals surface area contributed by atoms with Gasteiger partial charge in [-0.2, -0.15) is 5.26 Å². The minimum Gasteiger partial charge on any atom is -0.481 e. The fraction of sp³-hybridized carbons (Fsp3) is 0.357. The average Bonchev–Trinajstić information content (AvgIpc) is 2.83. The van der Waals surface area contributed by atoms with E-state index in [-0.39, 0.29) is 27.6 Å². The molecule has 1 rings (SSSR count). The highest BCUT2D eigenvalue weighted by Crippen LogP contribution is 2.36. The van der Waals surface area contributed by atoms with Crippen molar-refractivity contribution in [1.82, 2.24) is 0 Å². The number of nitriles is 1. The van der Waals surface area contributed by atoms with Gasteiger partial charge in [0.2, 0.25) is 0 Å². The van der Waals surface area contributed by atoms with Gasteiger partial charge in [0, 0.05) is 5.56 Å². The van der Waals surface area contributed by atoms with Gasteiger partial charge in [-0.1, -0.05) is 0 Å². The van der Waals surface area contributed by atoms with Crippen LogP contribution >= 0.6 is 11.3 Å². The topological polar surface area (TPSA) is 165 Å². The summed E-state index contributed by atoms with van der Waals surface area (Å²) in [6.45, 7) is 0.0661. The van der Waals surface area contributed by atoms with Crippen molar-refractivity contribution in [3.8, 4) is 6.07 Å². The van der Waals surface area contributed by atoms with Gasteiger partial charge in [0.05, 0.1) is 18.6 Å². The third kappa shape index (κ3) is 5.18. The molecule has 0 unspecified atom stereocenters. The molecular weight excluding hydrogens is 356 g/mol. The molecule has 0 aliphatic rings. The maximum Gasteiger partial charge on any atom is 0.348 e. The highest BCUT2D eigenvalue weighted by atomic mass is 32.1. The zero-order valence-electron chi connectivity index (χ0n) is 13.0. The molecule has 0 atom stereocenters. The lowest BCUT2D eigenvalue weighted by Gasteiger charge is -2.19. The standard InChI is InChI=1S/C14H14N2O8S/c1-2-24-14(23)12-7(3-9(17)18)8(4-15)13(25-12)16(5-10(19)20)6-11(21)22/h2-3,5-6H2,1H3,(H,17,18)(H,19,20)(H,21,22). The maximum absolute atomic E-state index is 12.0. The molecule has 0 fully saturated rings. The number of carbonyl (C=O) groups is 4. The van der Waals surface area contributed by atoms with Crippen LogP contribution in [0.3, 0.4) is 0 Å². The van der Waals surface area contributed by atoms with Crippen LogP contribution in [0.15, 0.2) is 0 Å². The average molecular weight is 370 g/mol. The maximum atomic E-state index is 12.0. The molecule has 0 saturated carbocycles. The van der Waals surface area contributed by atoms with Crippen LogP contribution in [0.25, 0.3) is 0 Å². The molecule has 0 bridgehead atoms. The summed E-state index contributed by atoms with van der Waals surface area (Å²) in [5.74, 6) is -4.88. The van der Waals surface area contributed by atoms with Crippen LogP contribution in [0.2, 0.25) is 0 Å². The molecule has 1 aromatic rings. The van der Waals surface area contributed by atoms with Gasteiger partial charge in [-0.3, -0.25) is 14.4 Å². The van der Waals surface area contributed by atoms with Gasteiger partial charge in [-0.05, 0) is 6.92 Å². The Morgan fingerprint density at radius 2 is 1.68 bits per heavy atom. The van der Waals surface area contributed by atoms with Crippen molar-refractivity contribution < 1.29 is 39.2 Å². The Morgan fingerprint density at radius 3 is 2.08 bits per heavy atom. The molecule has 10 nitrogen and oxygen atoms in total. The normalized spacial score (nSPS) is 9.92. The summed E-state index contributed by atoms with van der Waals surface area (Å²) in [7, 11) is 0. The number of anilines is 1. The van der Waals surface area contributed by atoms with E-state index in [0.717, 1.165) is 4.90 Å². The minimum absolute atomic E-state index is 0.00836. The molecule has 0 saturated heterocycles. The van der Waals surface area contributed by atoms with E-state index >= 15 is 0 Å². The number of carboxylic acid groups (broad SMARTS) is 3. The van der Waals surface area contributed by atoms with E-state index < -0.39 is 43.4 Å². The second-order valence-corrected chi connectivity index (χ2v) is 5.64. The lowest BCUT2D eigenvalue weighted by atomic mass is 10.1. The second kappa shape index (κ2) is 8.65. The Bertz CT molecular complexity index is 733. The molecule has 3 N–H and O–H groups in total. The predicted octanol–water partition coefficient (Wildman–Crippen LogP) is 0.399. The van der Waals surface area contributed by atoms with E-state index in [1.54, 1.807) is 6.07 Å². The number of rotatable bonds is 9. The van der Waals surface area contributed by atoms with Crippen LogP contribution in [0.1, 0.15) is 27.7 Å². The lowest BCUT2D eigenvalue weighted by Crippen LogP contribution is -2.34. The molecule has 0 radical (unpaired) electrons. The zero-order valence-corrected chi connectivity index (χ0v) is 13.8. The van der Waals surface area contributed by atoms with Gasteiger partial charge in [0.15, 0.2) is 0 Å². The molecule has 25 heavy (non-hydrogen) atoms. The van der Waals surface area contributed by atoms with E-state index in [2.05, 4.69) is 0 Å². The first-order chi connectivity index (χ1) is 11.7. The largest absolute Gasteiger partial charge is 0.481 e. The van der Waals surface area contributed by atoms with Crippen LogP contribution in [0.4, 0.5) is 5.00 Å². The number of carboxylic acids is 3. The van der Waals surface area contributed by atoms with Gasteiger partial charge >= 0.3 is 23.9 Å². The van der Waals surface area contributed by atoms with E-state index in [4.69, 9.17) is 20.1 Å². The number of carbonyl (C=O) groups excluding carboxylic acids is 1. The quantitative estimate of drug-likeness (QED) is 0.518. The molecule has 1 heterocycles. The highest BCUT2D eigenvalue weighted by molar-refractivity contribution is 7.18. The summed E-state index contributed by atoms with van der Waals surface area (Å²) in [6, 6.07) is 1.73. The molecule has 0 aromatic carbocycles. The van der Waals surface area contributed by atoms with Crippen molar-refractivity contribution in [3.63, 3.8) is 0 Å². The third-order valence-electron chi connectivity index (χ3n) is 2.83. The number of thiophene rings is 1. The first kappa shape index (κ1) is 19.9. The van der Waals surface area contributed by atoms with Gasteiger partial charge in [-0.15, -0.1) is 11.3 Å². The van der Waals surface area contributed by atoms with Crippen molar-refractivity contribution in [3.05, 3.63) is 16.0 Å². The zero-order chi connectivity index (χ0) is 19.1. The number of aliphatic carboxylic acids is 3. The van der Waals surface area contributed by atoms with Crippen molar-refractivity contribution in [2.75, 3.05) is 24.6 Å². The first-order valence-electron chi connectivity index (χ1n) is 6.84. The Morgan fingerprint density at radius 1 is 1.12 bits per heavy atom. The summed E-state index contributed by atoms with van der Waals surface area (Å²) in [5, 5.41) is 36.1. The van der Waals surface area contributed by atoms with Crippen molar-refractivity contribution >= 4 is 40.2 Å². The number of esters is 1. The van der Waals surface area contributed by atoms with Crippen molar-refractivity contribution in [2.24, 2.45) is 0 Å². The first-order valence-corrected chi connectivity index (χ1v) is 7.66. The number of hydrogen-bond acceptors (Lipinski definition) is 8. The summed E-state index contributed by atoms with van der Waals surface area (Å²) >= 11 is 0.632. The molecule has 0 amide bonds. The molecule has 134 valence electrons. The van der Waals surface area contributed by atoms with E-state index in [1.807, 2.05) is 0 Å². The lowest BCUT2D eigenvalue weighted by molar-refractivity contribution is -0.137. The molecule has 11 heteroatoms. The molecule has 1 aromatic heterocycles. The highest BCUT2D eigenvalue weighted by Gasteiger charge is 2.29. The fourth-order valence-corrected chi connectivity index (χ4v) is 3.16. The summed E-state index contributed by atoms with van der Waals surface area (Å²) in [4.78, 5) is 45.7. The van der Waals surface area contributed by atoms with E-state index in [1.165, 1.54) is 6.92 Å². The SMILES string of the molecule is CCOC(=O)c1sc(N(CC(=O)O)CC(=O)O)c(C#N)c1CC(=O)O. The molecular formula is C14H14N2O8S. The number of ether oxygens (including phenoxy) is 1. The van der Waals surface area contributed by atoms with Crippen LogP contribution < -0.4 is 4.90 Å². The van der Waals surface area contributed by atoms with Gasteiger partial charge < -0.3 is 25.0 Å². The third-order valence-corrected chi connectivity index (χ3v) is 4.10. The van der Waals surface area contributed by atoms with Gasteiger partial charge in [-0.25, -0.2) is 4.79 Å². The van der Waals surface area contributed by atoms with E-state index in [0.29, 0.717) is 11.3 Å². The monoisotopic (exact) mass is 370 g/mol. The molecule has 0 aliphatic carbocycles. The van der Waals surface area contributed by atoms with Gasteiger partial charge in [0.25, 0.3) is 0 Å². The van der Waals surface area contributed by atoms with Crippen LogP contribution in [0.5, 0.6) is 0 Å². The van der Waals surface area contributed by atoms with Crippen LogP contribution in [-0.4, -0.2) is 58.9 Å². The minimum atomic E-state index is -1.35. The van der Waals surface area contributed by atoms with Crippen molar-refractivity contribution in [1.29, 1.82) is 5.26 Å². The Hall–Kier alpha value is -3.13.